The number of hydrogen-bond acceptors (Lipinski definition) is 4. The number of nitrogens with zero attached hydrogens (tertiary/aromatic N) is 2. The van der Waals surface area contributed by atoms with Gasteiger partial charge in [0.25, 0.3) is 0 Å². The molecule has 0 aliphatic heterocycles. The van der Waals surface area contributed by atoms with Crippen LogP contribution in [0.15, 0.2) is 30.6 Å². The number of carboxylic acids is 1. The van der Waals surface area contributed by atoms with Crippen molar-refractivity contribution in [2.24, 2.45) is 23.7 Å². The number of aromatic nitrogens is 2. The van der Waals surface area contributed by atoms with E-state index < -0.39 is 17.8 Å². The van der Waals surface area contributed by atoms with Gasteiger partial charge in [0.2, 0.25) is 11.9 Å². The maximum atomic E-state index is 12.2. The normalized spacial score (nSPS) is 31.4. The van der Waals surface area contributed by atoms with Gasteiger partial charge in [-0.15, -0.1) is 0 Å². The Morgan fingerprint density at radius 2 is 1.79 bits per heavy atom. The second-order valence-corrected chi connectivity index (χ2v) is 4.90. The molecule has 0 radical (unpaired) electrons. The number of fused-ring (bicyclic) bond motifs is 2. The van der Waals surface area contributed by atoms with E-state index in [0.717, 1.165) is 6.42 Å². The highest BCUT2D eigenvalue weighted by Crippen LogP contribution is 2.48. The lowest BCUT2D eigenvalue weighted by atomic mass is 9.82. The maximum Gasteiger partial charge on any atom is 0.307 e. The number of anilines is 1. The molecule has 0 spiro atoms. The first-order valence-corrected chi connectivity index (χ1v) is 6.16. The summed E-state index contributed by atoms with van der Waals surface area (Å²) in [6, 6.07) is 1.65. The highest BCUT2D eigenvalue weighted by Gasteiger charge is 2.51. The third-order valence-corrected chi connectivity index (χ3v) is 3.85. The van der Waals surface area contributed by atoms with Crippen molar-refractivity contribution >= 4 is 17.8 Å². The fourth-order valence-corrected chi connectivity index (χ4v) is 3.07. The molecule has 6 heteroatoms. The summed E-state index contributed by atoms with van der Waals surface area (Å²) in [5.74, 6) is -2.20. The first-order chi connectivity index (χ1) is 9.16. The number of hydrogen-bond donors (Lipinski definition) is 2. The van der Waals surface area contributed by atoms with Gasteiger partial charge in [-0.2, -0.15) is 0 Å². The van der Waals surface area contributed by atoms with Crippen molar-refractivity contribution in [3.8, 4) is 0 Å². The van der Waals surface area contributed by atoms with E-state index in [2.05, 4.69) is 15.3 Å². The average Bonchev–Trinajstić information content (AvgIpc) is 2.99. The Bertz CT molecular complexity index is 543. The minimum Gasteiger partial charge on any atom is -0.481 e. The zero-order valence-electron chi connectivity index (χ0n) is 10.1. The molecule has 1 saturated carbocycles. The minimum atomic E-state index is -0.911. The molecule has 19 heavy (non-hydrogen) atoms. The second kappa shape index (κ2) is 4.46. The third kappa shape index (κ3) is 1.99. The Labute approximate surface area is 109 Å². The maximum absolute atomic E-state index is 12.2. The van der Waals surface area contributed by atoms with Gasteiger partial charge in [0.15, 0.2) is 0 Å². The number of carboxylic acid groups (broad SMARTS) is 1. The van der Waals surface area contributed by atoms with Crippen LogP contribution < -0.4 is 5.32 Å². The summed E-state index contributed by atoms with van der Waals surface area (Å²) in [6.07, 6.45) is 7.65. The van der Waals surface area contributed by atoms with Gasteiger partial charge in [-0.05, 0) is 24.3 Å². The molecule has 98 valence electrons. The van der Waals surface area contributed by atoms with Gasteiger partial charge < -0.3 is 5.11 Å². The lowest BCUT2D eigenvalue weighted by Gasteiger charge is -2.23. The van der Waals surface area contributed by atoms with Crippen molar-refractivity contribution in [2.45, 2.75) is 6.42 Å². The fraction of sp³-hybridized carbons (Fsp3) is 0.385. The molecule has 2 aliphatic carbocycles. The quantitative estimate of drug-likeness (QED) is 0.788. The average molecular weight is 259 g/mol. The lowest BCUT2D eigenvalue weighted by molar-refractivity contribution is -0.146. The fourth-order valence-electron chi connectivity index (χ4n) is 3.07. The SMILES string of the molecule is O=C(Nc1ncccn1)[C@@H]1[C@@H](C(=O)O)[C@H]2C=C[C@@H]1C2. The van der Waals surface area contributed by atoms with Crippen molar-refractivity contribution in [1.29, 1.82) is 0 Å². The minimum absolute atomic E-state index is 0.00909. The zero-order valence-corrected chi connectivity index (χ0v) is 10.1. The van der Waals surface area contributed by atoms with Gasteiger partial charge in [-0.25, -0.2) is 9.97 Å². The van der Waals surface area contributed by atoms with E-state index in [-0.39, 0.29) is 23.7 Å². The van der Waals surface area contributed by atoms with Crippen molar-refractivity contribution in [2.75, 3.05) is 5.32 Å². The summed E-state index contributed by atoms with van der Waals surface area (Å²) >= 11 is 0. The van der Waals surface area contributed by atoms with Crippen LogP contribution in [0.3, 0.4) is 0 Å². The summed E-state index contributed by atoms with van der Waals surface area (Å²) in [7, 11) is 0. The summed E-state index contributed by atoms with van der Waals surface area (Å²) in [5.41, 5.74) is 0. The number of nitrogens with one attached hydrogen (secondary N) is 1. The van der Waals surface area contributed by atoms with Crippen LogP contribution in [-0.2, 0) is 9.59 Å². The number of allylic oxidation sites excluding steroid dienone is 2. The number of aliphatic carboxylic acids is 1. The van der Waals surface area contributed by atoms with Crippen molar-refractivity contribution in [1.82, 2.24) is 9.97 Å². The van der Waals surface area contributed by atoms with E-state index in [4.69, 9.17) is 0 Å². The topological polar surface area (TPSA) is 92.2 Å². The largest absolute Gasteiger partial charge is 0.481 e. The zero-order chi connectivity index (χ0) is 13.4. The Balaban J connectivity index is 1.79. The highest BCUT2D eigenvalue weighted by molar-refractivity contribution is 5.95. The summed E-state index contributed by atoms with van der Waals surface area (Å²) in [6.45, 7) is 0. The molecule has 2 bridgehead atoms. The van der Waals surface area contributed by atoms with Crippen molar-refractivity contribution < 1.29 is 14.7 Å². The van der Waals surface area contributed by atoms with E-state index in [9.17, 15) is 14.7 Å². The molecule has 6 nitrogen and oxygen atoms in total. The molecule has 3 rings (SSSR count). The van der Waals surface area contributed by atoms with Gasteiger partial charge >= 0.3 is 5.97 Å². The molecule has 2 aliphatic rings. The van der Waals surface area contributed by atoms with E-state index in [1.165, 1.54) is 12.4 Å². The number of rotatable bonds is 3. The van der Waals surface area contributed by atoms with Crippen LogP contribution in [0, 0.1) is 23.7 Å². The highest BCUT2D eigenvalue weighted by atomic mass is 16.4. The van der Waals surface area contributed by atoms with Gasteiger partial charge in [-0.3, -0.25) is 14.9 Å². The molecule has 1 aromatic heterocycles. The van der Waals surface area contributed by atoms with Crippen LogP contribution in [0.4, 0.5) is 5.95 Å². The molecule has 1 heterocycles. The summed E-state index contributed by atoms with van der Waals surface area (Å²) in [5, 5.41) is 11.9. The molecule has 1 fully saturated rings. The van der Waals surface area contributed by atoms with Crippen molar-refractivity contribution in [3.05, 3.63) is 30.6 Å². The van der Waals surface area contributed by atoms with E-state index in [1.54, 1.807) is 6.07 Å². The van der Waals surface area contributed by atoms with Crippen LogP contribution in [0.1, 0.15) is 6.42 Å². The smallest absolute Gasteiger partial charge is 0.307 e. The number of carbonyl (C=O) groups is 2. The number of amides is 1. The van der Waals surface area contributed by atoms with E-state index in [1.807, 2.05) is 12.2 Å². The Hall–Kier alpha value is -2.24. The van der Waals surface area contributed by atoms with Crippen LogP contribution in [0.2, 0.25) is 0 Å². The first-order valence-electron chi connectivity index (χ1n) is 6.16. The van der Waals surface area contributed by atoms with E-state index >= 15 is 0 Å². The summed E-state index contributed by atoms with van der Waals surface area (Å²) in [4.78, 5) is 31.4. The molecule has 0 saturated heterocycles. The molecule has 4 atom stereocenters. The van der Waals surface area contributed by atoms with Gasteiger partial charge in [0.05, 0.1) is 11.8 Å². The molecule has 1 aromatic rings. The first kappa shape index (κ1) is 11.8. The molecule has 0 unspecified atom stereocenters. The van der Waals surface area contributed by atoms with E-state index in [0.29, 0.717) is 0 Å². The number of carbonyl (C=O) groups excluding carboxylic acids is 1. The van der Waals surface area contributed by atoms with Crippen LogP contribution >= 0.6 is 0 Å². The van der Waals surface area contributed by atoms with Gasteiger partial charge in [-0.1, -0.05) is 12.2 Å². The lowest BCUT2D eigenvalue weighted by Crippen LogP contribution is -2.36. The third-order valence-electron chi connectivity index (χ3n) is 3.85. The monoisotopic (exact) mass is 259 g/mol. The van der Waals surface area contributed by atoms with Crippen molar-refractivity contribution in [3.63, 3.8) is 0 Å². The van der Waals surface area contributed by atoms with Gasteiger partial charge in [0, 0.05) is 12.4 Å². The molecule has 0 aromatic carbocycles. The second-order valence-electron chi connectivity index (χ2n) is 4.90. The molecule has 1 amide bonds. The predicted molar refractivity (Wildman–Crippen MR) is 66.0 cm³/mol. The van der Waals surface area contributed by atoms with Crippen LogP contribution in [0.25, 0.3) is 0 Å². The molecular weight excluding hydrogens is 246 g/mol. The standard InChI is InChI=1S/C13H13N3O3/c17-11(16-13-14-4-1-5-15-13)9-7-2-3-8(6-7)10(9)12(18)19/h1-5,7-10H,6H2,(H,18,19)(H,14,15,16,17)/t7-,8+,9+,10+/m1/s1. The van der Waals surface area contributed by atoms with Gasteiger partial charge in [0.1, 0.15) is 0 Å². The summed E-state index contributed by atoms with van der Waals surface area (Å²) < 4.78 is 0. The predicted octanol–water partition coefficient (Wildman–Crippen LogP) is 0.938. The Kier molecular flexibility index (Phi) is 2.77. The Morgan fingerprint density at radius 1 is 1.16 bits per heavy atom. The Morgan fingerprint density at radius 3 is 2.42 bits per heavy atom. The molecule has 2 N–H and O–H groups in total. The molecular formula is C13H13N3O3. The van der Waals surface area contributed by atoms with Crippen LogP contribution in [0.5, 0.6) is 0 Å². The van der Waals surface area contributed by atoms with Crippen LogP contribution in [-0.4, -0.2) is 27.0 Å².